The van der Waals surface area contributed by atoms with Gasteiger partial charge < -0.3 is 10.6 Å². The monoisotopic (exact) mass is 310 g/mol. The molecular formula is C17H18N4O2. The lowest BCUT2D eigenvalue weighted by Crippen LogP contribution is -2.25. The van der Waals surface area contributed by atoms with Gasteiger partial charge in [-0.25, -0.2) is 5.43 Å². The Morgan fingerprint density at radius 2 is 1.70 bits per heavy atom. The predicted molar refractivity (Wildman–Crippen MR) is 91.4 cm³/mol. The molecule has 2 aromatic rings. The van der Waals surface area contributed by atoms with Gasteiger partial charge in [-0.2, -0.15) is 5.10 Å². The number of carbonyl (C=O) groups excluding carboxylic acids is 2. The number of amides is 2. The minimum Gasteiger partial charge on any atom is -0.376 e. The lowest BCUT2D eigenvalue weighted by atomic mass is 10.2. The summed E-state index contributed by atoms with van der Waals surface area (Å²) < 4.78 is 0. The highest BCUT2D eigenvalue weighted by Gasteiger charge is 1.99. The lowest BCUT2D eigenvalue weighted by molar-refractivity contribution is -0.119. The molecule has 0 bridgehead atoms. The van der Waals surface area contributed by atoms with Crippen LogP contribution in [-0.4, -0.2) is 24.6 Å². The van der Waals surface area contributed by atoms with Gasteiger partial charge in [0.1, 0.15) is 0 Å². The number of hydrazone groups is 1. The van der Waals surface area contributed by atoms with Crippen LogP contribution in [0.3, 0.4) is 0 Å². The van der Waals surface area contributed by atoms with Crippen LogP contribution in [0.4, 0.5) is 11.4 Å². The molecule has 23 heavy (non-hydrogen) atoms. The van der Waals surface area contributed by atoms with Crippen LogP contribution in [0.15, 0.2) is 59.7 Å². The van der Waals surface area contributed by atoms with E-state index < -0.39 is 0 Å². The zero-order valence-corrected chi connectivity index (χ0v) is 12.7. The van der Waals surface area contributed by atoms with Crippen molar-refractivity contribution in [1.29, 1.82) is 0 Å². The van der Waals surface area contributed by atoms with Crippen LogP contribution < -0.4 is 16.1 Å². The second-order valence-electron chi connectivity index (χ2n) is 4.82. The molecular weight excluding hydrogens is 292 g/mol. The maximum Gasteiger partial charge on any atom is 0.259 e. The molecule has 0 aliphatic carbocycles. The first-order valence-electron chi connectivity index (χ1n) is 7.12. The Labute approximate surface area is 134 Å². The van der Waals surface area contributed by atoms with E-state index in [0.717, 1.165) is 11.3 Å². The fourth-order valence-corrected chi connectivity index (χ4v) is 1.81. The van der Waals surface area contributed by atoms with Crippen molar-refractivity contribution in [3.05, 3.63) is 60.2 Å². The van der Waals surface area contributed by atoms with E-state index in [1.165, 1.54) is 13.1 Å². The van der Waals surface area contributed by atoms with Crippen LogP contribution in [0, 0.1) is 0 Å². The van der Waals surface area contributed by atoms with Gasteiger partial charge in [0.25, 0.3) is 5.91 Å². The number of hydrogen-bond donors (Lipinski definition) is 3. The highest BCUT2D eigenvalue weighted by molar-refractivity contribution is 5.89. The first-order chi connectivity index (χ1) is 11.1. The van der Waals surface area contributed by atoms with Gasteiger partial charge >= 0.3 is 0 Å². The molecule has 0 radical (unpaired) electrons. The standard InChI is InChI=1S/C17H18N4O2/c1-13(22)20-16-9-7-14(8-10-16)11-19-21-17(23)12-18-15-5-3-2-4-6-15/h2-11,18H,12H2,1H3,(H,20,22)(H,21,23)/b19-11-. The fourth-order valence-electron chi connectivity index (χ4n) is 1.81. The molecule has 2 rings (SSSR count). The normalized spacial score (nSPS) is 10.3. The number of carbonyl (C=O) groups is 2. The van der Waals surface area contributed by atoms with E-state index in [0.29, 0.717) is 5.69 Å². The van der Waals surface area contributed by atoms with Crippen molar-refractivity contribution in [2.24, 2.45) is 5.10 Å². The topological polar surface area (TPSA) is 82.6 Å². The van der Waals surface area contributed by atoms with Gasteiger partial charge in [-0.05, 0) is 29.8 Å². The first-order valence-corrected chi connectivity index (χ1v) is 7.12. The summed E-state index contributed by atoms with van der Waals surface area (Å²) in [5, 5.41) is 9.56. The molecule has 2 aromatic carbocycles. The van der Waals surface area contributed by atoms with Crippen molar-refractivity contribution in [2.45, 2.75) is 6.92 Å². The molecule has 0 aromatic heterocycles. The van der Waals surface area contributed by atoms with Gasteiger partial charge in [0.15, 0.2) is 0 Å². The molecule has 6 heteroatoms. The largest absolute Gasteiger partial charge is 0.376 e. The van der Waals surface area contributed by atoms with Crippen LogP contribution >= 0.6 is 0 Å². The van der Waals surface area contributed by atoms with E-state index in [4.69, 9.17) is 0 Å². The third kappa shape index (κ3) is 6.01. The Morgan fingerprint density at radius 3 is 2.35 bits per heavy atom. The summed E-state index contributed by atoms with van der Waals surface area (Å²) in [6.07, 6.45) is 1.54. The van der Waals surface area contributed by atoms with Gasteiger partial charge in [-0.3, -0.25) is 9.59 Å². The highest BCUT2D eigenvalue weighted by Crippen LogP contribution is 2.07. The first kappa shape index (κ1) is 16.2. The van der Waals surface area contributed by atoms with Crippen molar-refractivity contribution >= 4 is 29.4 Å². The molecule has 0 aliphatic heterocycles. The molecule has 0 saturated carbocycles. The van der Waals surface area contributed by atoms with Gasteiger partial charge in [-0.1, -0.05) is 30.3 Å². The average Bonchev–Trinajstić information content (AvgIpc) is 2.55. The summed E-state index contributed by atoms with van der Waals surface area (Å²) in [6, 6.07) is 16.6. The summed E-state index contributed by atoms with van der Waals surface area (Å²) in [5.74, 6) is -0.357. The molecule has 6 nitrogen and oxygen atoms in total. The second-order valence-corrected chi connectivity index (χ2v) is 4.82. The molecule has 0 spiro atoms. The van der Waals surface area contributed by atoms with E-state index in [1.54, 1.807) is 24.3 Å². The SMILES string of the molecule is CC(=O)Nc1ccc(/C=N\NC(=O)CNc2ccccc2)cc1. The van der Waals surface area contributed by atoms with E-state index in [1.807, 2.05) is 30.3 Å². The summed E-state index contributed by atoms with van der Waals surface area (Å²) in [7, 11) is 0. The Hall–Kier alpha value is -3.15. The minimum absolute atomic E-state index is 0.121. The lowest BCUT2D eigenvalue weighted by Gasteiger charge is -2.04. The summed E-state index contributed by atoms with van der Waals surface area (Å²) >= 11 is 0. The molecule has 0 aliphatic rings. The van der Waals surface area contributed by atoms with Gasteiger partial charge in [0, 0.05) is 18.3 Å². The van der Waals surface area contributed by atoms with Gasteiger partial charge in [0.2, 0.25) is 5.91 Å². The van der Waals surface area contributed by atoms with Crippen LogP contribution in [0.25, 0.3) is 0 Å². The number of benzene rings is 2. The van der Waals surface area contributed by atoms with Crippen LogP contribution in [0.1, 0.15) is 12.5 Å². The van der Waals surface area contributed by atoms with Gasteiger partial charge in [0.05, 0.1) is 12.8 Å². The minimum atomic E-state index is -0.236. The molecule has 3 N–H and O–H groups in total. The zero-order valence-electron chi connectivity index (χ0n) is 12.7. The smallest absolute Gasteiger partial charge is 0.259 e. The Kier molecular flexibility index (Phi) is 5.88. The Bertz CT molecular complexity index is 681. The van der Waals surface area contributed by atoms with Gasteiger partial charge in [-0.15, -0.1) is 0 Å². The van der Waals surface area contributed by atoms with Crippen molar-refractivity contribution in [3.63, 3.8) is 0 Å². The number of rotatable bonds is 6. The number of nitrogens with zero attached hydrogens (tertiary/aromatic N) is 1. The molecule has 0 atom stereocenters. The van der Waals surface area contributed by atoms with Crippen LogP contribution in [0.2, 0.25) is 0 Å². The van der Waals surface area contributed by atoms with Crippen molar-refractivity contribution in [3.8, 4) is 0 Å². The van der Waals surface area contributed by atoms with Crippen molar-refractivity contribution in [2.75, 3.05) is 17.2 Å². The molecule has 118 valence electrons. The van der Waals surface area contributed by atoms with E-state index in [2.05, 4.69) is 21.2 Å². The van der Waals surface area contributed by atoms with Crippen molar-refractivity contribution < 1.29 is 9.59 Å². The third-order valence-electron chi connectivity index (χ3n) is 2.86. The molecule has 2 amide bonds. The molecule has 0 fully saturated rings. The van der Waals surface area contributed by atoms with E-state index >= 15 is 0 Å². The quantitative estimate of drug-likeness (QED) is 0.565. The zero-order chi connectivity index (χ0) is 16.5. The molecule has 0 heterocycles. The summed E-state index contributed by atoms with van der Waals surface area (Å²) in [6.45, 7) is 1.59. The maximum absolute atomic E-state index is 11.6. The second kappa shape index (κ2) is 8.33. The molecule has 0 unspecified atom stereocenters. The maximum atomic E-state index is 11.6. The van der Waals surface area contributed by atoms with Crippen LogP contribution in [0.5, 0.6) is 0 Å². The number of para-hydroxylation sites is 1. The van der Waals surface area contributed by atoms with E-state index in [9.17, 15) is 9.59 Å². The highest BCUT2D eigenvalue weighted by atomic mass is 16.2. The predicted octanol–water partition coefficient (Wildman–Crippen LogP) is 2.21. The summed E-state index contributed by atoms with van der Waals surface area (Å²) in [4.78, 5) is 22.6. The van der Waals surface area contributed by atoms with Crippen molar-refractivity contribution in [1.82, 2.24) is 5.43 Å². The van der Waals surface area contributed by atoms with E-state index in [-0.39, 0.29) is 18.4 Å². The summed E-state index contributed by atoms with van der Waals surface area (Å²) in [5.41, 5.74) is 4.85. The third-order valence-corrected chi connectivity index (χ3v) is 2.86. The number of anilines is 2. The Morgan fingerprint density at radius 1 is 1.00 bits per heavy atom. The number of hydrogen-bond acceptors (Lipinski definition) is 4. The van der Waals surface area contributed by atoms with Crippen LogP contribution in [-0.2, 0) is 9.59 Å². The molecule has 0 saturated heterocycles. The fraction of sp³-hybridized carbons (Fsp3) is 0.118. The Balaban J connectivity index is 1.77. The number of nitrogens with one attached hydrogen (secondary N) is 3. The average molecular weight is 310 g/mol.